The Kier molecular flexibility index (Phi) is 7.23. The van der Waals surface area contributed by atoms with E-state index in [4.69, 9.17) is 4.74 Å². The van der Waals surface area contributed by atoms with Crippen molar-refractivity contribution in [1.29, 1.82) is 0 Å². The summed E-state index contributed by atoms with van der Waals surface area (Å²) in [5.41, 5.74) is 1.91. The van der Waals surface area contributed by atoms with Crippen LogP contribution in [0, 0.1) is 0 Å². The van der Waals surface area contributed by atoms with Gasteiger partial charge in [0.1, 0.15) is 5.75 Å². The predicted octanol–water partition coefficient (Wildman–Crippen LogP) is 5.13. The van der Waals surface area contributed by atoms with Crippen LogP contribution in [0.1, 0.15) is 74.0 Å². The quantitative estimate of drug-likeness (QED) is 0.405. The molecule has 1 aliphatic rings. The molecule has 2 aromatic heterocycles. The number of carbonyl (C=O) groups is 1. The maximum absolute atomic E-state index is 13.3. The highest BCUT2D eigenvalue weighted by Crippen LogP contribution is 2.43. The molecule has 0 bridgehead atoms. The number of tetrazole rings is 1. The van der Waals surface area contributed by atoms with E-state index in [9.17, 15) is 4.79 Å². The fourth-order valence-corrected chi connectivity index (χ4v) is 5.19. The van der Waals surface area contributed by atoms with E-state index < -0.39 is 5.54 Å². The number of ether oxygens (including phenoxy) is 1. The van der Waals surface area contributed by atoms with Gasteiger partial charge in [0.2, 0.25) is 5.82 Å². The number of unbranched alkanes of at least 4 members (excludes halogenated alkanes) is 3. The van der Waals surface area contributed by atoms with Gasteiger partial charge in [0.05, 0.1) is 17.7 Å². The van der Waals surface area contributed by atoms with Crippen LogP contribution in [0.4, 0.5) is 0 Å². The second-order valence-electron chi connectivity index (χ2n) is 8.60. The lowest BCUT2D eigenvalue weighted by molar-refractivity contribution is -0.117. The van der Waals surface area contributed by atoms with Crippen molar-refractivity contribution in [3.63, 3.8) is 0 Å². The number of amides is 1. The number of hydrogen-bond donors (Lipinski definition) is 2. The van der Waals surface area contributed by atoms with E-state index >= 15 is 0 Å². The minimum Gasteiger partial charge on any atom is -0.494 e. The van der Waals surface area contributed by atoms with E-state index in [1.165, 1.54) is 24.1 Å². The highest BCUT2D eigenvalue weighted by atomic mass is 32.1. The number of aromatic nitrogens is 4. The van der Waals surface area contributed by atoms with E-state index in [-0.39, 0.29) is 5.91 Å². The van der Waals surface area contributed by atoms with Crippen molar-refractivity contribution in [1.82, 2.24) is 25.9 Å². The summed E-state index contributed by atoms with van der Waals surface area (Å²) < 4.78 is 5.90. The van der Waals surface area contributed by atoms with Gasteiger partial charge in [0, 0.05) is 16.2 Å². The van der Waals surface area contributed by atoms with Crippen LogP contribution >= 0.6 is 11.3 Å². The van der Waals surface area contributed by atoms with Gasteiger partial charge in [-0.05, 0) is 60.4 Å². The Hall–Kier alpha value is -3.00. The molecule has 3 aromatic rings. The molecule has 174 valence electrons. The Morgan fingerprint density at radius 1 is 1.09 bits per heavy atom. The molecule has 7 nitrogen and oxygen atoms in total. The Morgan fingerprint density at radius 3 is 2.58 bits per heavy atom. The van der Waals surface area contributed by atoms with Gasteiger partial charge in [-0.15, -0.1) is 21.5 Å². The lowest BCUT2D eigenvalue weighted by Gasteiger charge is -2.37. The van der Waals surface area contributed by atoms with Crippen LogP contribution in [0.15, 0.2) is 36.4 Å². The van der Waals surface area contributed by atoms with Crippen LogP contribution in [0.3, 0.4) is 0 Å². The molecule has 0 fully saturated rings. The molecular formula is C25H31N5O2S. The number of rotatable bonds is 10. The number of thiophene rings is 1. The van der Waals surface area contributed by atoms with E-state index in [0.29, 0.717) is 17.8 Å². The summed E-state index contributed by atoms with van der Waals surface area (Å²) in [6.07, 6.45) is 6.30. The second kappa shape index (κ2) is 10.3. The molecule has 0 aliphatic carbocycles. The SMILES string of the molecule is CCCCCCOc1ccc([C@]2(C)CC(c3ccc(CC)s3)=C(c3nn[nH]n3)C(=O)N2)cc1. The summed E-state index contributed by atoms with van der Waals surface area (Å²) in [7, 11) is 0. The number of aryl methyl sites for hydroxylation is 1. The van der Waals surface area contributed by atoms with Crippen LogP contribution < -0.4 is 10.1 Å². The standard InChI is InChI=1S/C25H31N5O2S/c1-4-6-7-8-15-32-18-11-9-17(10-12-18)25(3)16-20(21-14-13-19(5-2)33-21)22(24(31)26-25)23-27-29-30-28-23/h9-14H,4-8,15-16H2,1-3H3,(H,26,31)(H,27,28,29,30)/t25-/m0/s1. The van der Waals surface area contributed by atoms with Crippen molar-refractivity contribution in [2.45, 2.75) is 64.8 Å². The summed E-state index contributed by atoms with van der Waals surface area (Å²) in [5.74, 6) is 0.987. The first-order valence-corrected chi connectivity index (χ1v) is 12.5. The minimum atomic E-state index is -0.560. The molecule has 0 saturated heterocycles. The molecule has 1 aliphatic heterocycles. The van der Waals surface area contributed by atoms with Crippen molar-refractivity contribution in [2.24, 2.45) is 0 Å². The first-order valence-electron chi connectivity index (χ1n) is 11.7. The Morgan fingerprint density at radius 2 is 1.91 bits per heavy atom. The summed E-state index contributed by atoms with van der Waals surface area (Å²) in [5, 5.41) is 17.5. The fraction of sp³-hybridized carbons (Fsp3) is 0.440. The van der Waals surface area contributed by atoms with Gasteiger partial charge in [-0.2, -0.15) is 5.21 Å². The van der Waals surface area contributed by atoms with Crippen molar-refractivity contribution >= 4 is 28.4 Å². The number of hydrogen-bond acceptors (Lipinski definition) is 6. The summed E-state index contributed by atoms with van der Waals surface area (Å²) in [6, 6.07) is 12.3. The Labute approximate surface area is 198 Å². The molecule has 0 saturated carbocycles. The van der Waals surface area contributed by atoms with E-state index in [2.05, 4.69) is 58.8 Å². The number of carbonyl (C=O) groups excluding carboxylic acids is 1. The fourth-order valence-electron chi connectivity index (χ4n) is 4.19. The monoisotopic (exact) mass is 465 g/mol. The molecule has 1 atom stereocenters. The molecule has 0 unspecified atom stereocenters. The number of nitrogens with zero attached hydrogens (tertiary/aromatic N) is 3. The highest BCUT2D eigenvalue weighted by Gasteiger charge is 2.39. The largest absolute Gasteiger partial charge is 0.494 e. The van der Waals surface area contributed by atoms with Crippen molar-refractivity contribution in [3.8, 4) is 5.75 Å². The predicted molar refractivity (Wildman–Crippen MR) is 131 cm³/mol. The second-order valence-corrected chi connectivity index (χ2v) is 9.77. The van der Waals surface area contributed by atoms with Crippen LogP contribution in [-0.2, 0) is 16.8 Å². The average molecular weight is 466 g/mol. The number of aromatic amines is 1. The Balaban J connectivity index is 1.59. The number of benzene rings is 1. The molecule has 8 heteroatoms. The molecule has 0 radical (unpaired) electrons. The first-order chi connectivity index (χ1) is 16.0. The van der Waals surface area contributed by atoms with Gasteiger partial charge in [-0.3, -0.25) is 4.79 Å². The topological polar surface area (TPSA) is 92.8 Å². The average Bonchev–Trinajstić information content (AvgIpc) is 3.51. The van der Waals surface area contributed by atoms with E-state index in [0.717, 1.165) is 41.2 Å². The summed E-state index contributed by atoms with van der Waals surface area (Å²) >= 11 is 1.71. The molecule has 33 heavy (non-hydrogen) atoms. The normalized spacial score (nSPS) is 18.5. The molecular weight excluding hydrogens is 434 g/mol. The molecule has 3 heterocycles. The zero-order chi connectivity index (χ0) is 23.3. The highest BCUT2D eigenvalue weighted by molar-refractivity contribution is 7.13. The number of H-pyrrole nitrogens is 1. The summed E-state index contributed by atoms with van der Waals surface area (Å²) in [6.45, 7) is 7.13. The maximum atomic E-state index is 13.3. The zero-order valence-corrected chi connectivity index (χ0v) is 20.3. The van der Waals surface area contributed by atoms with Gasteiger partial charge in [-0.1, -0.05) is 45.2 Å². The van der Waals surface area contributed by atoms with Crippen LogP contribution in [0.2, 0.25) is 0 Å². The van der Waals surface area contributed by atoms with Crippen LogP contribution in [0.5, 0.6) is 5.75 Å². The molecule has 1 amide bonds. The third kappa shape index (κ3) is 5.16. The third-order valence-electron chi connectivity index (χ3n) is 6.08. The molecule has 4 rings (SSSR count). The van der Waals surface area contributed by atoms with Gasteiger partial charge in [0.25, 0.3) is 5.91 Å². The maximum Gasteiger partial charge on any atom is 0.256 e. The van der Waals surface area contributed by atoms with Crippen LogP contribution in [-0.4, -0.2) is 33.1 Å². The third-order valence-corrected chi connectivity index (χ3v) is 7.37. The number of nitrogens with one attached hydrogen (secondary N) is 2. The Bertz CT molecular complexity index is 1100. The van der Waals surface area contributed by atoms with Gasteiger partial charge < -0.3 is 10.1 Å². The minimum absolute atomic E-state index is 0.192. The van der Waals surface area contributed by atoms with Crippen LogP contribution in [0.25, 0.3) is 11.1 Å². The smallest absolute Gasteiger partial charge is 0.256 e. The van der Waals surface area contributed by atoms with Gasteiger partial charge >= 0.3 is 0 Å². The van der Waals surface area contributed by atoms with E-state index in [1.807, 2.05) is 24.3 Å². The first kappa shape index (κ1) is 23.2. The molecule has 2 N–H and O–H groups in total. The zero-order valence-electron chi connectivity index (χ0n) is 19.5. The van der Waals surface area contributed by atoms with Crippen molar-refractivity contribution in [3.05, 3.63) is 57.5 Å². The molecule has 0 spiro atoms. The lowest BCUT2D eigenvalue weighted by Crippen LogP contribution is -2.47. The van der Waals surface area contributed by atoms with Gasteiger partial charge in [0.15, 0.2) is 0 Å². The van der Waals surface area contributed by atoms with Crippen molar-refractivity contribution < 1.29 is 9.53 Å². The molecule has 1 aromatic carbocycles. The lowest BCUT2D eigenvalue weighted by atomic mass is 9.80. The van der Waals surface area contributed by atoms with Crippen molar-refractivity contribution in [2.75, 3.05) is 6.61 Å². The van der Waals surface area contributed by atoms with E-state index in [1.54, 1.807) is 11.3 Å². The summed E-state index contributed by atoms with van der Waals surface area (Å²) in [4.78, 5) is 15.7. The van der Waals surface area contributed by atoms with Gasteiger partial charge in [-0.25, -0.2) is 0 Å².